The monoisotopic (exact) mass is 245 g/mol. The van der Waals surface area contributed by atoms with Crippen LogP contribution in [0.4, 0.5) is 0 Å². The Morgan fingerprint density at radius 2 is 2.17 bits per heavy atom. The van der Waals surface area contributed by atoms with E-state index in [2.05, 4.69) is 31.3 Å². The molecule has 1 aromatic carbocycles. The lowest BCUT2D eigenvalue weighted by Crippen LogP contribution is -2.44. The molecule has 1 aromatic heterocycles. The first-order valence-electron chi connectivity index (χ1n) is 6.50. The lowest BCUT2D eigenvalue weighted by Gasteiger charge is -2.27. The maximum absolute atomic E-state index is 5.88. The summed E-state index contributed by atoms with van der Waals surface area (Å²) in [7, 11) is 0. The van der Waals surface area contributed by atoms with Gasteiger partial charge in [-0.05, 0) is 32.4 Å². The van der Waals surface area contributed by atoms with Gasteiger partial charge in [0.2, 0.25) is 0 Å². The predicted octanol–water partition coefficient (Wildman–Crippen LogP) is 3.26. The standard InChI is InChI=1S/C15H19NO2/c1-11(16-15(2)7-8-17-10-15)14-9-12-5-3-4-6-13(12)18-14/h3-6,9,11,16H,7-8,10H2,1-2H3/t11-,15+/m1/s1. The maximum atomic E-state index is 5.88. The fourth-order valence-electron chi connectivity index (χ4n) is 2.59. The Hall–Kier alpha value is -1.32. The molecule has 96 valence electrons. The van der Waals surface area contributed by atoms with E-state index in [0.29, 0.717) is 0 Å². The van der Waals surface area contributed by atoms with Gasteiger partial charge in [-0.25, -0.2) is 0 Å². The van der Waals surface area contributed by atoms with Crippen LogP contribution in [-0.4, -0.2) is 18.8 Å². The van der Waals surface area contributed by atoms with Gasteiger partial charge >= 0.3 is 0 Å². The van der Waals surface area contributed by atoms with Crippen LogP contribution in [0.3, 0.4) is 0 Å². The highest BCUT2D eigenvalue weighted by Gasteiger charge is 2.31. The van der Waals surface area contributed by atoms with Gasteiger partial charge in [0.15, 0.2) is 0 Å². The normalized spacial score (nSPS) is 25.7. The van der Waals surface area contributed by atoms with Crippen LogP contribution >= 0.6 is 0 Å². The molecule has 0 aliphatic carbocycles. The van der Waals surface area contributed by atoms with Gasteiger partial charge in [-0.15, -0.1) is 0 Å². The van der Waals surface area contributed by atoms with Gasteiger partial charge in [0.05, 0.1) is 12.6 Å². The molecule has 2 heterocycles. The van der Waals surface area contributed by atoms with Crippen LogP contribution in [0.15, 0.2) is 34.7 Å². The minimum Gasteiger partial charge on any atom is -0.459 e. The number of benzene rings is 1. The fraction of sp³-hybridized carbons (Fsp3) is 0.467. The zero-order valence-corrected chi connectivity index (χ0v) is 10.9. The minimum absolute atomic E-state index is 0.0678. The molecule has 1 fully saturated rings. The molecular weight excluding hydrogens is 226 g/mol. The molecule has 0 saturated carbocycles. The summed E-state index contributed by atoms with van der Waals surface area (Å²) in [6, 6.07) is 10.4. The second-order valence-corrected chi connectivity index (χ2v) is 5.42. The van der Waals surface area contributed by atoms with Crippen LogP contribution in [0.25, 0.3) is 11.0 Å². The number of hydrogen-bond donors (Lipinski definition) is 1. The zero-order valence-electron chi connectivity index (χ0n) is 10.9. The molecule has 18 heavy (non-hydrogen) atoms. The second kappa shape index (κ2) is 4.41. The number of para-hydroxylation sites is 1. The van der Waals surface area contributed by atoms with Gasteiger partial charge in [0.25, 0.3) is 0 Å². The smallest absolute Gasteiger partial charge is 0.134 e. The molecule has 0 spiro atoms. The van der Waals surface area contributed by atoms with E-state index >= 15 is 0 Å². The molecule has 1 aliphatic heterocycles. The minimum atomic E-state index is 0.0678. The van der Waals surface area contributed by atoms with Crippen LogP contribution in [0.5, 0.6) is 0 Å². The van der Waals surface area contributed by atoms with Crippen molar-refractivity contribution in [3.05, 3.63) is 36.1 Å². The summed E-state index contributed by atoms with van der Waals surface area (Å²) in [5.41, 5.74) is 1.02. The Bertz CT molecular complexity index is 507. The number of furan rings is 1. The van der Waals surface area contributed by atoms with Gasteiger partial charge in [0.1, 0.15) is 11.3 Å². The Labute approximate surface area is 107 Å². The molecule has 0 unspecified atom stereocenters. The molecule has 2 atom stereocenters. The average Bonchev–Trinajstić information content (AvgIpc) is 2.95. The number of fused-ring (bicyclic) bond motifs is 1. The first-order chi connectivity index (χ1) is 8.66. The van der Waals surface area contributed by atoms with Crippen molar-refractivity contribution in [1.29, 1.82) is 0 Å². The molecule has 0 radical (unpaired) electrons. The predicted molar refractivity (Wildman–Crippen MR) is 71.6 cm³/mol. The number of rotatable bonds is 3. The van der Waals surface area contributed by atoms with Crippen molar-refractivity contribution in [2.45, 2.75) is 31.8 Å². The van der Waals surface area contributed by atoms with Crippen molar-refractivity contribution in [2.75, 3.05) is 13.2 Å². The molecule has 3 nitrogen and oxygen atoms in total. The first-order valence-corrected chi connectivity index (χ1v) is 6.50. The summed E-state index contributed by atoms with van der Waals surface area (Å²) in [5.74, 6) is 0.990. The van der Waals surface area contributed by atoms with E-state index in [9.17, 15) is 0 Å². The van der Waals surface area contributed by atoms with E-state index in [1.54, 1.807) is 0 Å². The van der Waals surface area contributed by atoms with E-state index in [-0.39, 0.29) is 11.6 Å². The van der Waals surface area contributed by atoms with Gasteiger partial charge in [-0.1, -0.05) is 18.2 Å². The number of nitrogens with one attached hydrogen (secondary N) is 1. The van der Waals surface area contributed by atoms with Crippen molar-refractivity contribution in [1.82, 2.24) is 5.32 Å². The first kappa shape index (κ1) is 11.8. The molecule has 1 N–H and O–H groups in total. The summed E-state index contributed by atoms with van der Waals surface area (Å²) < 4.78 is 11.3. The van der Waals surface area contributed by atoms with E-state index in [0.717, 1.165) is 36.4 Å². The topological polar surface area (TPSA) is 34.4 Å². The summed E-state index contributed by atoms with van der Waals surface area (Å²) in [4.78, 5) is 0. The fourth-order valence-corrected chi connectivity index (χ4v) is 2.59. The van der Waals surface area contributed by atoms with E-state index in [1.807, 2.05) is 18.2 Å². The van der Waals surface area contributed by atoms with Crippen molar-refractivity contribution in [3.63, 3.8) is 0 Å². The number of hydrogen-bond acceptors (Lipinski definition) is 3. The van der Waals surface area contributed by atoms with Crippen LogP contribution in [-0.2, 0) is 4.74 Å². The lowest BCUT2D eigenvalue weighted by atomic mass is 10.00. The molecule has 3 heteroatoms. The van der Waals surface area contributed by atoms with Crippen LogP contribution in [0, 0.1) is 0 Å². The third-order valence-corrected chi connectivity index (χ3v) is 3.66. The van der Waals surface area contributed by atoms with E-state index in [1.165, 1.54) is 0 Å². The van der Waals surface area contributed by atoms with Gasteiger partial charge in [0, 0.05) is 17.5 Å². The highest BCUT2D eigenvalue weighted by atomic mass is 16.5. The molecule has 1 aliphatic rings. The lowest BCUT2D eigenvalue weighted by molar-refractivity contribution is 0.166. The summed E-state index contributed by atoms with van der Waals surface area (Å²) in [5, 5.41) is 4.77. The summed E-state index contributed by atoms with van der Waals surface area (Å²) in [6.45, 7) is 5.97. The van der Waals surface area contributed by atoms with E-state index < -0.39 is 0 Å². The third kappa shape index (κ3) is 2.16. The van der Waals surface area contributed by atoms with Crippen LogP contribution < -0.4 is 5.32 Å². The summed E-state index contributed by atoms with van der Waals surface area (Å²) >= 11 is 0. The highest BCUT2D eigenvalue weighted by Crippen LogP contribution is 2.27. The second-order valence-electron chi connectivity index (χ2n) is 5.42. The van der Waals surface area contributed by atoms with Gasteiger partial charge < -0.3 is 9.15 Å². The SMILES string of the molecule is C[C@@H](N[C@@]1(C)CCOC1)c1cc2ccccc2o1. The maximum Gasteiger partial charge on any atom is 0.134 e. The number of ether oxygens (including phenoxy) is 1. The average molecular weight is 245 g/mol. The molecule has 0 bridgehead atoms. The largest absolute Gasteiger partial charge is 0.459 e. The van der Waals surface area contributed by atoms with Crippen molar-refractivity contribution in [3.8, 4) is 0 Å². The van der Waals surface area contributed by atoms with Crippen molar-refractivity contribution >= 4 is 11.0 Å². The van der Waals surface area contributed by atoms with Crippen LogP contribution in [0.2, 0.25) is 0 Å². The quantitative estimate of drug-likeness (QED) is 0.901. The third-order valence-electron chi connectivity index (χ3n) is 3.66. The Morgan fingerprint density at radius 3 is 2.89 bits per heavy atom. The van der Waals surface area contributed by atoms with Gasteiger partial charge in [-0.3, -0.25) is 5.32 Å². The van der Waals surface area contributed by atoms with Crippen molar-refractivity contribution < 1.29 is 9.15 Å². The Kier molecular flexibility index (Phi) is 2.88. The highest BCUT2D eigenvalue weighted by molar-refractivity contribution is 5.77. The Morgan fingerprint density at radius 1 is 1.33 bits per heavy atom. The molecular formula is C15H19NO2. The van der Waals surface area contributed by atoms with Crippen LogP contribution in [0.1, 0.15) is 32.1 Å². The molecule has 0 amide bonds. The Balaban J connectivity index is 1.81. The molecule has 2 aromatic rings. The van der Waals surface area contributed by atoms with E-state index in [4.69, 9.17) is 9.15 Å². The summed E-state index contributed by atoms with van der Waals surface area (Å²) in [6.07, 6.45) is 1.05. The molecule has 1 saturated heterocycles. The molecule has 3 rings (SSSR count). The zero-order chi connectivity index (χ0) is 12.6. The van der Waals surface area contributed by atoms with Crippen molar-refractivity contribution in [2.24, 2.45) is 0 Å². The van der Waals surface area contributed by atoms with Gasteiger partial charge in [-0.2, -0.15) is 0 Å².